The number of thiophene rings is 1. The van der Waals surface area contributed by atoms with Crippen LogP contribution in [-0.2, 0) is 17.1 Å². The maximum Gasteiger partial charge on any atom is 0.263 e. The van der Waals surface area contributed by atoms with Gasteiger partial charge in [0, 0.05) is 37.8 Å². The van der Waals surface area contributed by atoms with E-state index in [0.29, 0.717) is 36.7 Å². The van der Waals surface area contributed by atoms with Crippen molar-refractivity contribution < 1.29 is 13.2 Å². The summed E-state index contributed by atoms with van der Waals surface area (Å²) in [4.78, 5) is 27.3. The zero-order valence-electron chi connectivity index (χ0n) is 15.3. The quantitative estimate of drug-likeness (QED) is 0.812. The lowest BCUT2D eigenvalue weighted by molar-refractivity contribution is 0.0689. The van der Waals surface area contributed by atoms with Crippen LogP contribution in [0.3, 0.4) is 0 Å². The highest BCUT2D eigenvalue weighted by atomic mass is 32.2. The van der Waals surface area contributed by atoms with E-state index < -0.39 is 10.0 Å². The summed E-state index contributed by atoms with van der Waals surface area (Å²) < 4.78 is 29.0. The van der Waals surface area contributed by atoms with Crippen molar-refractivity contribution in [3.63, 3.8) is 0 Å². The zero-order chi connectivity index (χ0) is 19.6. The second-order valence-electron chi connectivity index (χ2n) is 6.79. The maximum atomic E-state index is 12.6. The minimum absolute atomic E-state index is 0.170. The number of piperidine rings is 1. The van der Waals surface area contributed by atoms with Crippen molar-refractivity contribution in [3.8, 4) is 0 Å². The molecule has 0 unspecified atom stereocenters. The number of hydrogen-bond acceptors (Lipinski definition) is 5. The first-order chi connectivity index (χ1) is 12.8. The van der Waals surface area contributed by atoms with Gasteiger partial charge in [0.05, 0.1) is 0 Å². The molecule has 1 amide bonds. The van der Waals surface area contributed by atoms with Gasteiger partial charge in [0.25, 0.3) is 11.5 Å². The maximum absolute atomic E-state index is 12.6. The Bertz CT molecular complexity index is 986. The topological polar surface area (TPSA) is 88.5 Å². The van der Waals surface area contributed by atoms with Crippen LogP contribution in [0.4, 0.5) is 0 Å². The molecule has 1 aliphatic rings. The first-order valence-corrected chi connectivity index (χ1v) is 11.1. The van der Waals surface area contributed by atoms with Gasteiger partial charge in [0.15, 0.2) is 0 Å². The number of carbonyl (C=O) groups is 1. The van der Waals surface area contributed by atoms with Crippen LogP contribution in [-0.4, -0.2) is 43.4 Å². The molecule has 1 aliphatic heterocycles. The number of aromatic nitrogens is 1. The number of amides is 1. The van der Waals surface area contributed by atoms with E-state index in [-0.39, 0.29) is 22.9 Å². The molecule has 9 heteroatoms. The standard InChI is InChI=1S/C18H23N3O4S2/c1-13-5-6-16(26-13)27(24,25)19-12-14-7-10-21(11-8-14)18(23)15-4-3-9-20(2)17(15)22/h3-6,9,14,19H,7-8,10-12H2,1-2H3. The second kappa shape index (κ2) is 7.95. The van der Waals surface area contributed by atoms with Crippen LogP contribution >= 0.6 is 11.3 Å². The van der Waals surface area contributed by atoms with E-state index in [0.717, 1.165) is 4.88 Å². The van der Waals surface area contributed by atoms with Crippen molar-refractivity contribution in [1.29, 1.82) is 0 Å². The van der Waals surface area contributed by atoms with Crippen LogP contribution in [0, 0.1) is 12.8 Å². The molecule has 3 heterocycles. The molecule has 2 aromatic rings. The van der Waals surface area contributed by atoms with Crippen LogP contribution in [0.15, 0.2) is 39.5 Å². The summed E-state index contributed by atoms with van der Waals surface area (Å²) in [6.45, 7) is 3.26. The van der Waals surface area contributed by atoms with Crippen molar-refractivity contribution in [2.45, 2.75) is 24.0 Å². The Morgan fingerprint density at radius 1 is 1.26 bits per heavy atom. The minimum atomic E-state index is -3.48. The lowest BCUT2D eigenvalue weighted by Gasteiger charge is -2.32. The average Bonchev–Trinajstić information content (AvgIpc) is 3.10. The smallest absolute Gasteiger partial charge is 0.263 e. The van der Waals surface area contributed by atoms with E-state index in [9.17, 15) is 18.0 Å². The number of sulfonamides is 1. The van der Waals surface area contributed by atoms with Crippen molar-refractivity contribution in [3.05, 3.63) is 51.3 Å². The molecule has 3 rings (SSSR count). The fraction of sp³-hybridized carbons (Fsp3) is 0.444. The van der Waals surface area contributed by atoms with Gasteiger partial charge in [-0.1, -0.05) is 0 Å². The summed E-state index contributed by atoms with van der Waals surface area (Å²) in [6.07, 6.45) is 3.02. The average molecular weight is 410 g/mol. The van der Waals surface area contributed by atoms with Gasteiger partial charge in [-0.15, -0.1) is 11.3 Å². The first-order valence-electron chi connectivity index (χ1n) is 8.79. The molecule has 0 radical (unpaired) electrons. The molecule has 1 N–H and O–H groups in total. The lowest BCUT2D eigenvalue weighted by atomic mass is 9.97. The van der Waals surface area contributed by atoms with Gasteiger partial charge in [-0.3, -0.25) is 9.59 Å². The summed E-state index contributed by atoms with van der Waals surface area (Å²) in [5.41, 5.74) is -0.129. The van der Waals surface area contributed by atoms with Crippen molar-refractivity contribution >= 4 is 27.3 Å². The molecular formula is C18H23N3O4S2. The van der Waals surface area contributed by atoms with Gasteiger partial charge in [0.2, 0.25) is 10.0 Å². The van der Waals surface area contributed by atoms with Crippen LogP contribution < -0.4 is 10.3 Å². The number of likely N-dealkylation sites (tertiary alicyclic amines) is 1. The molecule has 0 spiro atoms. The van der Waals surface area contributed by atoms with E-state index in [2.05, 4.69) is 4.72 Å². The Kier molecular flexibility index (Phi) is 5.83. The summed E-state index contributed by atoms with van der Waals surface area (Å²) in [6, 6.07) is 6.64. The largest absolute Gasteiger partial charge is 0.338 e. The Balaban J connectivity index is 1.55. The molecule has 0 bridgehead atoms. The molecule has 1 fully saturated rings. The number of hydrogen-bond donors (Lipinski definition) is 1. The van der Waals surface area contributed by atoms with E-state index >= 15 is 0 Å². The van der Waals surface area contributed by atoms with Crippen molar-refractivity contribution in [2.24, 2.45) is 13.0 Å². The molecular weight excluding hydrogens is 386 g/mol. The summed E-state index contributed by atoms with van der Waals surface area (Å²) >= 11 is 1.25. The molecule has 146 valence electrons. The molecule has 0 atom stereocenters. The lowest BCUT2D eigenvalue weighted by Crippen LogP contribution is -2.43. The van der Waals surface area contributed by atoms with Gasteiger partial charge in [-0.25, -0.2) is 13.1 Å². The van der Waals surface area contributed by atoms with Crippen molar-refractivity contribution in [1.82, 2.24) is 14.2 Å². The van der Waals surface area contributed by atoms with Crippen LogP contribution in [0.2, 0.25) is 0 Å². The molecule has 2 aromatic heterocycles. The SMILES string of the molecule is Cc1ccc(S(=O)(=O)NCC2CCN(C(=O)c3cccn(C)c3=O)CC2)s1. The van der Waals surface area contributed by atoms with Gasteiger partial charge < -0.3 is 9.47 Å². The molecule has 0 saturated carbocycles. The normalized spacial score (nSPS) is 15.9. The number of rotatable bonds is 5. The highest BCUT2D eigenvalue weighted by Crippen LogP contribution is 2.22. The predicted octanol–water partition coefficient (Wildman–Crippen LogP) is 1.59. The number of pyridine rings is 1. The number of nitrogens with one attached hydrogen (secondary N) is 1. The highest BCUT2D eigenvalue weighted by Gasteiger charge is 2.26. The van der Waals surface area contributed by atoms with E-state index in [1.807, 2.05) is 6.92 Å². The monoisotopic (exact) mass is 409 g/mol. The van der Waals surface area contributed by atoms with E-state index in [1.165, 1.54) is 15.9 Å². The van der Waals surface area contributed by atoms with E-state index in [1.54, 1.807) is 42.4 Å². The van der Waals surface area contributed by atoms with Crippen molar-refractivity contribution in [2.75, 3.05) is 19.6 Å². The third kappa shape index (κ3) is 4.48. The molecule has 0 aromatic carbocycles. The molecule has 27 heavy (non-hydrogen) atoms. The number of nitrogens with zero attached hydrogens (tertiary/aromatic N) is 2. The third-order valence-corrected chi connectivity index (χ3v) is 7.71. The second-order valence-corrected chi connectivity index (χ2v) is 10.1. The Hall–Kier alpha value is -1.97. The predicted molar refractivity (Wildman–Crippen MR) is 105 cm³/mol. The van der Waals surface area contributed by atoms with Crippen LogP contribution in [0.1, 0.15) is 28.1 Å². The van der Waals surface area contributed by atoms with Gasteiger partial charge >= 0.3 is 0 Å². The zero-order valence-corrected chi connectivity index (χ0v) is 17.0. The fourth-order valence-corrected chi connectivity index (χ4v) is 5.57. The Labute approximate surface area is 162 Å². The minimum Gasteiger partial charge on any atom is -0.338 e. The summed E-state index contributed by atoms with van der Waals surface area (Å²) in [5.74, 6) is -0.0900. The van der Waals surface area contributed by atoms with Gasteiger partial charge in [-0.05, 0) is 49.9 Å². The summed E-state index contributed by atoms with van der Waals surface area (Å²) in [5, 5.41) is 0. The van der Waals surface area contributed by atoms with Gasteiger partial charge in [0.1, 0.15) is 9.77 Å². The molecule has 0 aliphatic carbocycles. The Morgan fingerprint density at radius 3 is 2.59 bits per heavy atom. The Morgan fingerprint density at radius 2 is 1.96 bits per heavy atom. The highest BCUT2D eigenvalue weighted by molar-refractivity contribution is 7.91. The van der Waals surface area contributed by atoms with Crippen LogP contribution in [0.5, 0.6) is 0 Å². The number of carbonyl (C=O) groups excluding carboxylic acids is 1. The fourth-order valence-electron chi connectivity index (χ4n) is 3.13. The third-order valence-electron chi connectivity index (χ3n) is 4.80. The van der Waals surface area contributed by atoms with E-state index in [4.69, 9.17) is 0 Å². The summed E-state index contributed by atoms with van der Waals surface area (Å²) in [7, 11) is -1.86. The van der Waals surface area contributed by atoms with Gasteiger partial charge in [-0.2, -0.15) is 0 Å². The number of aryl methyl sites for hydroxylation is 2. The molecule has 7 nitrogen and oxygen atoms in total. The van der Waals surface area contributed by atoms with Crippen LogP contribution in [0.25, 0.3) is 0 Å². The first kappa shape index (κ1) is 19.8. The molecule has 1 saturated heterocycles.